The largest absolute Gasteiger partial charge is 0.400 e. The summed E-state index contributed by atoms with van der Waals surface area (Å²) in [5, 5.41) is 19.8. The lowest BCUT2D eigenvalue weighted by Gasteiger charge is -2.23. The highest BCUT2D eigenvalue weighted by molar-refractivity contribution is 5.78. The van der Waals surface area contributed by atoms with Crippen molar-refractivity contribution in [2.75, 3.05) is 31.8 Å². The predicted octanol–water partition coefficient (Wildman–Crippen LogP) is 2.18. The second-order valence-corrected chi connectivity index (χ2v) is 9.89. The fourth-order valence-electron chi connectivity index (χ4n) is 4.20. The molecule has 2 heterocycles. The van der Waals surface area contributed by atoms with Crippen molar-refractivity contribution in [3.8, 4) is 0 Å². The summed E-state index contributed by atoms with van der Waals surface area (Å²) in [6.45, 7) is 2.06. The van der Waals surface area contributed by atoms with E-state index < -0.39 is 6.10 Å². The first-order chi connectivity index (χ1) is 19.3. The summed E-state index contributed by atoms with van der Waals surface area (Å²) < 4.78 is 0. The smallest absolute Gasteiger partial charge is 0.226 e. The fraction of sp³-hybridized carbons (Fsp3) is 0.367. The maximum atomic E-state index is 12.6. The number of nitrogens with two attached hydrogens (primary N) is 2. The third-order valence-electron chi connectivity index (χ3n) is 6.44. The van der Waals surface area contributed by atoms with Crippen molar-refractivity contribution in [1.82, 2.24) is 19.8 Å². The molecule has 0 aliphatic rings. The minimum atomic E-state index is -0.691. The first-order valence-electron chi connectivity index (χ1n) is 13.5. The quantitative estimate of drug-likeness (QED) is 0.120. The van der Waals surface area contributed by atoms with Crippen LogP contribution in [0.4, 0.5) is 5.69 Å². The normalized spacial score (nSPS) is 12.4. The fourth-order valence-corrected chi connectivity index (χ4v) is 4.20. The molecule has 214 valence electrons. The molecule has 40 heavy (non-hydrogen) atoms. The van der Waals surface area contributed by atoms with Crippen molar-refractivity contribution in [2.45, 2.75) is 44.9 Å². The summed E-state index contributed by atoms with van der Waals surface area (Å²) in [5.74, 6) is 6.32. The van der Waals surface area contributed by atoms with E-state index in [4.69, 9.17) is 16.7 Å². The Morgan fingerprint density at radius 1 is 0.975 bits per heavy atom. The van der Waals surface area contributed by atoms with Gasteiger partial charge in [-0.3, -0.25) is 24.7 Å². The number of anilines is 1. The van der Waals surface area contributed by atoms with Crippen LogP contribution in [0.1, 0.15) is 36.2 Å². The molecular formula is C30H41N7O3. The number of hydrogen-bond donors (Lipinski definition) is 4. The lowest BCUT2D eigenvalue weighted by Crippen LogP contribution is -2.32. The molecule has 0 aliphatic heterocycles. The number of pyridine rings is 2. The van der Waals surface area contributed by atoms with Crippen LogP contribution < -0.4 is 16.6 Å². The molecule has 2 aromatic heterocycles. The highest BCUT2D eigenvalue weighted by Gasteiger charge is 2.13. The number of hydrogen-bond acceptors (Lipinski definition) is 9. The van der Waals surface area contributed by atoms with Gasteiger partial charge >= 0.3 is 0 Å². The molecule has 6 N–H and O–H groups in total. The maximum Gasteiger partial charge on any atom is 0.226 e. The molecule has 0 radical (unpaired) electrons. The van der Waals surface area contributed by atoms with Crippen LogP contribution in [0.15, 0.2) is 85.0 Å². The van der Waals surface area contributed by atoms with Gasteiger partial charge in [-0.2, -0.15) is 0 Å². The van der Waals surface area contributed by atoms with Gasteiger partial charge in [-0.05, 0) is 61.2 Å². The van der Waals surface area contributed by atoms with Gasteiger partial charge in [0.25, 0.3) is 0 Å². The number of aliphatic hydroxyl groups excluding tert-OH is 2. The molecule has 0 saturated carbocycles. The molecule has 0 saturated heterocycles. The van der Waals surface area contributed by atoms with E-state index in [2.05, 4.69) is 14.9 Å². The van der Waals surface area contributed by atoms with Crippen molar-refractivity contribution in [2.24, 2.45) is 11.6 Å². The number of carbonyl (C=O) groups is 1. The van der Waals surface area contributed by atoms with Crippen molar-refractivity contribution >= 4 is 11.6 Å². The molecule has 0 fully saturated rings. The van der Waals surface area contributed by atoms with Crippen LogP contribution in [0.5, 0.6) is 0 Å². The molecule has 0 aliphatic carbocycles. The number of hydrazine groups is 1. The number of amides is 1. The Morgan fingerprint density at radius 2 is 1.60 bits per heavy atom. The first-order valence-corrected chi connectivity index (χ1v) is 13.5. The molecule has 1 unspecified atom stereocenters. The van der Waals surface area contributed by atoms with E-state index in [0.29, 0.717) is 38.3 Å². The number of nitrogens with zero attached hydrogens (tertiary/aromatic N) is 5. The Morgan fingerprint density at radius 3 is 2.15 bits per heavy atom. The van der Waals surface area contributed by atoms with Crippen LogP contribution in [-0.4, -0.2) is 68.7 Å². The summed E-state index contributed by atoms with van der Waals surface area (Å²) in [7, 11) is 1.78. The SMILES string of the molecule is CN(CCCCC(O)CO)C(=O)Cc1ccc(N(N)/C=C(\N)CN(Cc2ccccn2)Cc2ccccn2)cc1. The monoisotopic (exact) mass is 547 g/mol. The van der Waals surface area contributed by atoms with Gasteiger partial charge < -0.3 is 20.8 Å². The van der Waals surface area contributed by atoms with Crippen LogP contribution in [-0.2, 0) is 24.3 Å². The van der Waals surface area contributed by atoms with E-state index in [1.54, 1.807) is 30.5 Å². The third kappa shape index (κ3) is 10.7. The number of benzene rings is 1. The van der Waals surface area contributed by atoms with E-state index in [0.717, 1.165) is 35.5 Å². The average molecular weight is 548 g/mol. The van der Waals surface area contributed by atoms with Crippen LogP contribution in [0, 0.1) is 0 Å². The van der Waals surface area contributed by atoms with Crippen molar-refractivity contribution in [1.29, 1.82) is 0 Å². The van der Waals surface area contributed by atoms with Gasteiger partial charge in [0.15, 0.2) is 0 Å². The molecule has 10 heteroatoms. The van der Waals surface area contributed by atoms with Gasteiger partial charge in [0, 0.05) is 57.5 Å². The highest BCUT2D eigenvalue weighted by atomic mass is 16.3. The van der Waals surface area contributed by atoms with Crippen LogP contribution in [0.25, 0.3) is 0 Å². The van der Waals surface area contributed by atoms with Crippen molar-refractivity contribution < 1.29 is 15.0 Å². The average Bonchev–Trinajstić information content (AvgIpc) is 2.96. The molecule has 0 spiro atoms. The minimum Gasteiger partial charge on any atom is -0.400 e. The standard InChI is InChI=1S/C30H41N7O3/c1-35(17-7-4-10-29(39)23-38)30(40)18-24-11-13-28(14-12-24)37(32)20-25(31)19-36(21-26-8-2-5-15-33-26)22-27-9-3-6-16-34-27/h2-3,5-6,8-9,11-16,20,29,38-39H,4,7,10,17-19,21-23,31-32H2,1H3/b25-20-. The number of carbonyl (C=O) groups excluding carboxylic acids is 1. The summed E-state index contributed by atoms with van der Waals surface area (Å²) in [4.78, 5) is 25.3. The Kier molecular flexibility index (Phi) is 12.5. The van der Waals surface area contributed by atoms with E-state index in [9.17, 15) is 9.90 Å². The molecular weight excluding hydrogens is 506 g/mol. The van der Waals surface area contributed by atoms with Gasteiger partial charge in [0.1, 0.15) is 0 Å². The number of unbranched alkanes of at least 4 members (excludes halogenated alkanes) is 1. The molecule has 0 bridgehead atoms. The highest BCUT2D eigenvalue weighted by Crippen LogP contribution is 2.15. The molecule has 1 atom stereocenters. The van der Waals surface area contributed by atoms with Gasteiger partial charge in [0.2, 0.25) is 5.91 Å². The summed E-state index contributed by atoms with van der Waals surface area (Å²) in [5.41, 5.74) is 10.5. The van der Waals surface area contributed by atoms with Gasteiger partial charge in [0.05, 0.1) is 36.2 Å². The van der Waals surface area contributed by atoms with Crippen molar-refractivity contribution in [3.63, 3.8) is 0 Å². The van der Waals surface area contributed by atoms with E-state index >= 15 is 0 Å². The van der Waals surface area contributed by atoms with Crippen LogP contribution in [0.3, 0.4) is 0 Å². The molecule has 1 aromatic carbocycles. The Hall–Kier alpha value is -3.83. The molecule has 10 nitrogen and oxygen atoms in total. The van der Waals surface area contributed by atoms with E-state index in [1.807, 2.05) is 60.7 Å². The van der Waals surface area contributed by atoms with Crippen LogP contribution in [0.2, 0.25) is 0 Å². The van der Waals surface area contributed by atoms with Gasteiger partial charge in [-0.1, -0.05) is 24.3 Å². The predicted molar refractivity (Wildman–Crippen MR) is 156 cm³/mol. The zero-order chi connectivity index (χ0) is 28.7. The zero-order valence-electron chi connectivity index (χ0n) is 23.1. The van der Waals surface area contributed by atoms with Crippen molar-refractivity contribution in [3.05, 3.63) is 102 Å². The maximum absolute atomic E-state index is 12.6. The Balaban J connectivity index is 1.54. The second-order valence-electron chi connectivity index (χ2n) is 9.89. The number of likely N-dealkylation sites (N-methyl/N-ethyl adjacent to an activating group) is 1. The lowest BCUT2D eigenvalue weighted by molar-refractivity contribution is -0.129. The molecule has 3 aromatic rings. The van der Waals surface area contributed by atoms with Gasteiger partial charge in [-0.15, -0.1) is 0 Å². The van der Waals surface area contributed by atoms with Gasteiger partial charge in [-0.25, -0.2) is 5.84 Å². The summed E-state index contributed by atoms with van der Waals surface area (Å²) in [6, 6.07) is 19.2. The topological polar surface area (TPSA) is 145 Å². The minimum absolute atomic E-state index is 0.0186. The lowest BCUT2D eigenvalue weighted by atomic mass is 10.1. The Labute approximate surface area is 236 Å². The third-order valence-corrected chi connectivity index (χ3v) is 6.44. The van der Waals surface area contributed by atoms with Crippen LogP contribution >= 0.6 is 0 Å². The zero-order valence-corrected chi connectivity index (χ0v) is 23.1. The number of rotatable bonds is 16. The summed E-state index contributed by atoms with van der Waals surface area (Å²) >= 11 is 0. The number of aromatic nitrogens is 2. The first kappa shape index (κ1) is 30.7. The molecule has 3 rings (SSSR count). The Bertz CT molecular complexity index is 1140. The van der Waals surface area contributed by atoms with E-state index in [-0.39, 0.29) is 18.9 Å². The summed E-state index contributed by atoms with van der Waals surface area (Å²) in [6.07, 6.45) is 6.90. The van der Waals surface area contributed by atoms with E-state index in [1.165, 1.54) is 5.01 Å². The molecule has 1 amide bonds. The second kappa shape index (κ2) is 16.3. The number of aliphatic hydroxyl groups is 2.